The van der Waals surface area contributed by atoms with Gasteiger partial charge in [0.05, 0.1) is 11.1 Å². The average molecular weight is 444 g/mol. The fourth-order valence-electron chi connectivity index (χ4n) is 3.32. The highest BCUT2D eigenvalue weighted by Crippen LogP contribution is 2.27. The zero-order chi connectivity index (χ0) is 22.2. The van der Waals surface area contributed by atoms with Gasteiger partial charge in [0.1, 0.15) is 5.52 Å². The van der Waals surface area contributed by atoms with E-state index in [-0.39, 0.29) is 34.2 Å². The molecule has 1 aliphatic rings. The molecule has 0 radical (unpaired) electrons. The molecule has 0 atom stereocenters. The summed E-state index contributed by atoms with van der Waals surface area (Å²) in [4.78, 5) is 31.3. The third-order valence-electron chi connectivity index (χ3n) is 5.08. The Morgan fingerprint density at radius 3 is 2.55 bits per heavy atom. The first kappa shape index (κ1) is 20.6. The number of aromatic nitrogens is 3. The van der Waals surface area contributed by atoms with E-state index in [0.717, 1.165) is 9.54 Å². The summed E-state index contributed by atoms with van der Waals surface area (Å²) < 4.78 is 26.9. The Kier molecular flexibility index (Phi) is 5.23. The lowest BCUT2D eigenvalue weighted by atomic mass is 9.80. The van der Waals surface area contributed by atoms with Crippen LogP contribution in [-0.4, -0.2) is 45.5 Å². The molecule has 1 aliphatic carbocycles. The van der Waals surface area contributed by atoms with Gasteiger partial charge in [0, 0.05) is 18.2 Å². The van der Waals surface area contributed by atoms with E-state index in [0.29, 0.717) is 18.4 Å². The molecule has 0 saturated heterocycles. The van der Waals surface area contributed by atoms with Crippen LogP contribution in [0.4, 0.5) is 10.6 Å². The maximum atomic E-state index is 12.9. The molecule has 0 aliphatic heterocycles. The average Bonchev–Trinajstić information content (AvgIpc) is 3.13. The summed E-state index contributed by atoms with van der Waals surface area (Å²) in [6.07, 6.45) is 2.43. The first-order valence-electron chi connectivity index (χ1n) is 9.46. The molecule has 2 heterocycles. The predicted molar refractivity (Wildman–Crippen MR) is 111 cm³/mol. The molecule has 162 valence electrons. The number of amides is 2. The molecule has 0 bridgehead atoms. The van der Waals surface area contributed by atoms with Crippen molar-refractivity contribution in [3.05, 3.63) is 48.3 Å². The van der Waals surface area contributed by atoms with Gasteiger partial charge in [0.15, 0.2) is 11.5 Å². The van der Waals surface area contributed by atoms with Crippen molar-refractivity contribution in [2.24, 2.45) is 5.92 Å². The summed E-state index contributed by atoms with van der Waals surface area (Å²) in [5.74, 6) is -0.350. The van der Waals surface area contributed by atoms with Crippen molar-refractivity contribution in [2.45, 2.75) is 30.7 Å². The third-order valence-corrected chi connectivity index (χ3v) is 6.76. The van der Waals surface area contributed by atoms with E-state index in [1.165, 1.54) is 30.6 Å². The van der Waals surface area contributed by atoms with Crippen molar-refractivity contribution in [3.8, 4) is 0 Å². The number of rotatable bonds is 6. The van der Waals surface area contributed by atoms with Crippen LogP contribution in [0.3, 0.4) is 0 Å². The molecule has 4 rings (SSSR count). The minimum atomic E-state index is -3.82. The number of carbonyl (C=O) groups excluding carboxylic acids is 1. The van der Waals surface area contributed by atoms with E-state index in [1.807, 2.05) is 6.92 Å². The number of anilines is 1. The van der Waals surface area contributed by atoms with Crippen molar-refractivity contribution < 1.29 is 23.1 Å². The number of carbonyl (C=O) groups is 2. The Labute approximate surface area is 177 Å². The van der Waals surface area contributed by atoms with Gasteiger partial charge < -0.3 is 10.4 Å². The lowest BCUT2D eigenvalue weighted by Crippen LogP contribution is -2.50. The lowest BCUT2D eigenvalue weighted by Gasteiger charge is -2.33. The molecule has 12 heteroatoms. The van der Waals surface area contributed by atoms with Crippen molar-refractivity contribution >= 4 is 39.0 Å². The number of hydrogen-bond donors (Lipinski definition) is 4. The molecule has 1 fully saturated rings. The van der Waals surface area contributed by atoms with Gasteiger partial charge >= 0.3 is 6.09 Å². The zero-order valence-corrected chi connectivity index (χ0v) is 17.3. The Bertz CT molecular complexity index is 1250. The van der Waals surface area contributed by atoms with Crippen LogP contribution in [0.15, 0.2) is 47.6 Å². The minimum absolute atomic E-state index is 0.142. The molecule has 2 aromatic heterocycles. The van der Waals surface area contributed by atoms with Gasteiger partial charge in [0.2, 0.25) is 5.91 Å². The second-order valence-electron chi connectivity index (χ2n) is 7.32. The largest absolute Gasteiger partial charge is 0.465 e. The zero-order valence-electron chi connectivity index (χ0n) is 16.4. The monoisotopic (exact) mass is 444 g/mol. The molecule has 3 aromatic rings. The van der Waals surface area contributed by atoms with Crippen LogP contribution in [0.25, 0.3) is 11.2 Å². The molecular formula is C19H20N6O5S. The van der Waals surface area contributed by atoms with Crippen LogP contribution in [0, 0.1) is 12.8 Å². The summed E-state index contributed by atoms with van der Waals surface area (Å²) in [6.45, 7) is 1.87. The molecule has 1 saturated carbocycles. The Hall–Kier alpha value is -3.67. The maximum absolute atomic E-state index is 12.9. The quantitative estimate of drug-likeness (QED) is 0.417. The summed E-state index contributed by atoms with van der Waals surface area (Å²) in [7, 11) is -3.82. The molecule has 2 amide bonds. The van der Waals surface area contributed by atoms with E-state index in [2.05, 4.69) is 26.1 Å². The van der Waals surface area contributed by atoms with Crippen LogP contribution in [0.2, 0.25) is 0 Å². The van der Waals surface area contributed by atoms with Crippen LogP contribution in [-0.2, 0) is 14.8 Å². The molecule has 0 unspecified atom stereocenters. The van der Waals surface area contributed by atoms with Gasteiger partial charge in [-0.15, -0.1) is 0 Å². The standard InChI is InChI=1S/C19H20N6O5S/c1-11-2-4-14(5-3-11)31(29,30)25-7-6-15-17(25)20-10-16(22-15)23-24-18(26)12-8-13(9-12)21-19(27)28/h2-7,10,12-13,21H,8-9H2,1H3,(H,22,23)(H,24,26)(H,27,28). The van der Waals surface area contributed by atoms with Crippen molar-refractivity contribution in [3.63, 3.8) is 0 Å². The number of hydrazine groups is 1. The highest BCUT2D eigenvalue weighted by Gasteiger charge is 2.35. The Morgan fingerprint density at radius 1 is 1.16 bits per heavy atom. The van der Waals surface area contributed by atoms with E-state index in [1.54, 1.807) is 12.1 Å². The first-order valence-corrected chi connectivity index (χ1v) is 10.9. The topological polar surface area (TPSA) is 155 Å². The Balaban J connectivity index is 1.44. The van der Waals surface area contributed by atoms with E-state index >= 15 is 0 Å². The van der Waals surface area contributed by atoms with E-state index < -0.39 is 16.1 Å². The molecule has 11 nitrogen and oxygen atoms in total. The normalized spacial score (nSPS) is 18.2. The van der Waals surface area contributed by atoms with Crippen molar-refractivity contribution in [2.75, 3.05) is 5.43 Å². The second-order valence-corrected chi connectivity index (χ2v) is 9.14. The smallest absolute Gasteiger partial charge is 0.404 e. The fourth-order valence-corrected chi connectivity index (χ4v) is 4.61. The summed E-state index contributed by atoms with van der Waals surface area (Å²) >= 11 is 0. The molecule has 4 N–H and O–H groups in total. The fraction of sp³-hybridized carbons (Fsp3) is 0.263. The van der Waals surface area contributed by atoms with E-state index in [9.17, 15) is 18.0 Å². The third kappa shape index (κ3) is 4.14. The SMILES string of the molecule is Cc1ccc(S(=O)(=O)n2ccc3nc(NNC(=O)C4CC(NC(=O)O)C4)cnc32)cc1. The molecular weight excluding hydrogens is 424 g/mol. The number of nitrogens with one attached hydrogen (secondary N) is 3. The number of carboxylic acid groups (broad SMARTS) is 1. The molecule has 0 spiro atoms. The van der Waals surface area contributed by atoms with Crippen LogP contribution < -0.4 is 16.2 Å². The van der Waals surface area contributed by atoms with Crippen LogP contribution in [0.5, 0.6) is 0 Å². The van der Waals surface area contributed by atoms with Gasteiger partial charge in [-0.25, -0.2) is 27.2 Å². The minimum Gasteiger partial charge on any atom is -0.465 e. The maximum Gasteiger partial charge on any atom is 0.404 e. The highest BCUT2D eigenvalue weighted by molar-refractivity contribution is 7.90. The highest BCUT2D eigenvalue weighted by atomic mass is 32.2. The molecule has 1 aromatic carbocycles. The van der Waals surface area contributed by atoms with Crippen LogP contribution in [0.1, 0.15) is 18.4 Å². The number of nitrogens with zero attached hydrogens (tertiary/aromatic N) is 3. The van der Waals surface area contributed by atoms with Gasteiger partial charge in [-0.05, 0) is 38.0 Å². The van der Waals surface area contributed by atoms with Crippen molar-refractivity contribution in [1.82, 2.24) is 24.7 Å². The van der Waals surface area contributed by atoms with Gasteiger partial charge in [-0.3, -0.25) is 15.6 Å². The summed E-state index contributed by atoms with van der Waals surface area (Å²) in [5.41, 5.74) is 6.63. The second kappa shape index (κ2) is 7.87. The lowest BCUT2D eigenvalue weighted by molar-refractivity contribution is -0.127. The van der Waals surface area contributed by atoms with Gasteiger partial charge in [-0.2, -0.15) is 0 Å². The number of aryl methyl sites for hydroxylation is 1. The van der Waals surface area contributed by atoms with Crippen molar-refractivity contribution in [1.29, 1.82) is 0 Å². The molecule has 31 heavy (non-hydrogen) atoms. The Morgan fingerprint density at radius 2 is 1.87 bits per heavy atom. The van der Waals surface area contributed by atoms with E-state index in [4.69, 9.17) is 5.11 Å². The number of hydrogen-bond acceptors (Lipinski definition) is 7. The number of fused-ring (bicyclic) bond motifs is 1. The predicted octanol–water partition coefficient (Wildman–Crippen LogP) is 1.47. The van der Waals surface area contributed by atoms with Gasteiger partial charge in [-0.1, -0.05) is 17.7 Å². The summed E-state index contributed by atoms with van der Waals surface area (Å²) in [5, 5.41) is 11.0. The van der Waals surface area contributed by atoms with Gasteiger partial charge in [0.25, 0.3) is 10.0 Å². The first-order chi connectivity index (χ1) is 14.7. The van der Waals surface area contributed by atoms with Crippen LogP contribution >= 0.6 is 0 Å². The summed E-state index contributed by atoms with van der Waals surface area (Å²) in [6, 6.07) is 7.81. The number of benzene rings is 1.